The van der Waals surface area contributed by atoms with Gasteiger partial charge in [-0.1, -0.05) is 55.8 Å². The summed E-state index contributed by atoms with van der Waals surface area (Å²) in [5, 5.41) is 24.6. The first kappa shape index (κ1) is 29.7. The van der Waals surface area contributed by atoms with Gasteiger partial charge in [-0.15, -0.1) is 0 Å². The summed E-state index contributed by atoms with van der Waals surface area (Å²) in [5.74, 6) is 1.26. The largest absolute Gasteiger partial charge is 0.388 e. The van der Waals surface area contributed by atoms with Crippen LogP contribution >= 0.6 is 0 Å². The lowest BCUT2D eigenvalue weighted by atomic mass is 9.91. The second-order valence-corrected chi connectivity index (χ2v) is 12.1. The van der Waals surface area contributed by atoms with E-state index in [0.29, 0.717) is 23.6 Å². The van der Waals surface area contributed by atoms with E-state index in [2.05, 4.69) is 13.0 Å². The summed E-state index contributed by atoms with van der Waals surface area (Å²) < 4.78 is 9.95. The molecule has 2 heterocycles. The summed E-state index contributed by atoms with van der Waals surface area (Å²) in [4.78, 5) is 19.1. The second-order valence-electron chi connectivity index (χ2n) is 12.1. The molecule has 0 radical (unpaired) electrons. The summed E-state index contributed by atoms with van der Waals surface area (Å²) in [7, 11) is 0. The number of nitriles is 1. The molecule has 0 saturated heterocycles. The molecule has 1 N–H and O–H groups in total. The van der Waals surface area contributed by atoms with Crippen LogP contribution in [0.2, 0.25) is 0 Å². The van der Waals surface area contributed by atoms with Crippen LogP contribution in [0.4, 0.5) is 0 Å². The number of aromatic nitrogens is 4. The van der Waals surface area contributed by atoms with E-state index in [0.717, 1.165) is 66.5 Å². The van der Waals surface area contributed by atoms with Crippen molar-refractivity contribution in [3.63, 3.8) is 0 Å². The fraction of sp³-hybridized carbons (Fsp3) is 0.471. The first-order valence-corrected chi connectivity index (χ1v) is 15.1. The van der Waals surface area contributed by atoms with Crippen LogP contribution in [0, 0.1) is 18.3 Å². The highest BCUT2D eigenvalue weighted by atomic mass is 16.5. The maximum Gasteiger partial charge on any atom is 0.259 e. The molecule has 0 bridgehead atoms. The number of aliphatic hydroxyl groups is 1. The van der Waals surface area contributed by atoms with Gasteiger partial charge in [0.05, 0.1) is 35.1 Å². The number of benzene rings is 2. The number of ether oxygens (including phenoxy) is 1. The highest BCUT2D eigenvalue weighted by molar-refractivity contribution is 5.70. The monoisotopic (exact) mass is 567 g/mol. The predicted molar refractivity (Wildman–Crippen MR) is 164 cm³/mol. The number of hydrogen-bond acceptors (Lipinski definition) is 6. The minimum atomic E-state index is -0.902. The molecule has 1 saturated carbocycles. The molecular formula is C34H41N5O3. The zero-order valence-electron chi connectivity index (χ0n) is 25.3. The van der Waals surface area contributed by atoms with Gasteiger partial charge in [-0.2, -0.15) is 15.3 Å². The number of hydrogen-bond donors (Lipinski definition) is 1. The molecule has 1 unspecified atom stereocenters. The Bertz CT molecular complexity index is 1650. The van der Waals surface area contributed by atoms with Gasteiger partial charge in [-0.3, -0.25) is 9.36 Å². The molecule has 42 heavy (non-hydrogen) atoms. The summed E-state index contributed by atoms with van der Waals surface area (Å²) in [5.41, 5.74) is 4.33. The Labute approximate surface area is 247 Å². The van der Waals surface area contributed by atoms with E-state index in [-0.39, 0.29) is 23.8 Å². The molecule has 5 rings (SSSR count). The van der Waals surface area contributed by atoms with Crippen LogP contribution in [0.25, 0.3) is 16.9 Å². The first-order valence-electron chi connectivity index (χ1n) is 15.1. The standard InChI is InChI=1S/C34H41N5O3/c1-6-9-31-30(20-24-12-14-25(15-13-24)29-11-8-7-10-26(29)21-35)32(40)38(33-36-23(3)37-39(31)33)27-16-18-28(19-17-27)42-22(2)34(4,5)41/h7-8,10-15,22,27-28,41H,6,9,16-20H2,1-5H3/t22?,27-,28-. The quantitative estimate of drug-likeness (QED) is 0.268. The van der Waals surface area contributed by atoms with Gasteiger partial charge < -0.3 is 9.84 Å². The molecule has 8 nitrogen and oxygen atoms in total. The molecule has 0 aliphatic heterocycles. The molecule has 1 aliphatic rings. The predicted octanol–water partition coefficient (Wildman–Crippen LogP) is 5.94. The molecule has 1 aliphatic carbocycles. The van der Waals surface area contributed by atoms with E-state index in [4.69, 9.17) is 14.8 Å². The van der Waals surface area contributed by atoms with E-state index in [1.165, 1.54) is 0 Å². The average molecular weight is 568 g/mol. The fourth-order valence-corrected chi connectivity index (χ4v) is 5.96. The van der Waals surface area contributed by atoms with Crippen LogP contribution in [0.15, 0.2) is 53.3 Å². The zero-order chi connectivity index (χ0) is 30.0. The van der Waals surface area contributed by atoms with Crippen molar-refractivity contribution in [2.24, 2.45) is 0 Å². The average Bonchev–Trinajstić information content (AvgIpc) is 3.36. The van der Waals surface area contributed by atoms with Crippen molar-refractivity contribution < 1.29 is 9.84 Å². The van der Waals surface area contributed by atoms with Crippen LogP contribution in [-0.2, 0) is 17.6 Å². The lowest BCUT2D eigenvalue weighted by Gasteiger charge is -2.35. The second kappa shape index (κ2) is 12.2. The Balaban J connectivity index is 1.48. The smallest absolute Gasteiger partial charge is 0.259 e. The SMILES string of the molecule is CCCc1c(Cc2ccc(-c3ccccc3C#N)cc2)c(=O)n([C@H]2CC[C@H](OC(C)C(C)(C)O)CC2)c2nc(C)nn12. The zero-order valence-corrected chi connectivity index (χ0v) is 25.3. The van der Waals surface area contributed by atoms with Gasteiger partial charge in [0, 0.05) is 18.0 Å². The summed E-state index contributed by atoms with van der Waals surface area (Å²) in [6.45, 7) is 9.43. The summed E-state index contributed by atoms with van der Waals surface area (Å²) >= 11 is 0. The third-order valence-electron chi connectivity index (χ3n) is 8.57. The van der Waals surface area contributed by atoms with Gasteiger partial charge >= 0.3 is 0 Å². The normalized spacial score (nSPS) is 18.2. The van der Waals surface area contributed by atoms with E-state index in [1.807, 2.05) is 71.5 Å². The Morgan fingerprint density at radius 3 is 2.45 bits per heavy atom. The van der Waals surface area contributed by atoms with Crippen molar-refractivity contribution in [2.75, 3.05) is 0 Å². The minimum absolute atomic E-state index is 0.000165. The molecular weight excluding hydrogens is 526 g/mol. The van der Waals surface area contributed by atoms with E-state index >= 15 is 0 Å². The van der Waals surface area contributed by atoms with Crippen molar-refractivity contribution in [1.82, 2.24) is 19.2 Å². The van der Waals surface area contributed by atoms with E-state index in [1.54, 1.807) is 13.8 Å². The highest BCUT2D eigenvalue weighted by Crippen LogP contribution is 2.32. The van der Waals surface area contributed by atoms with E-state index < -0.39 is 5.60 Å². The molecule has 220 valence electrons. The summed E-state index contributed by atoms with van der Waals surface area (Å²) in [6.07, 6.45) is 5.11. The maximum absolute atomic E-state index is 14.3. The van der Waals surface area contributed by atoms with Crippen LogP contribution < -0.4 is 5.56 Å². The summed E-state index contributed by atoms with van der Waals surface area (Å²) in [6, 6.07) is 18.0. The Kier molecular flexibility index (Phi) is 8.63. The van der Waals surface area contributed by atoms with Gasteiger partial charge in [0.2, 0.25) is 5.78 Å². The van der Waals surface area contributed by atoms with Crippen molar-refractivity contribution in [3.8, 4) is 17.2 Å². The van der Waals surface area contributed by atoms with Crippen LogP contribution in [0.1, 0.15) is 94.0 Å². The van der Waals surface area contributed by atoms with Crippen molar-refractivity contribution in [3.05, 3.63) is 87.1 Å². The van der Waals surface area contributed by atoms with Gasteiger partial charge in [0.15, 0.2) is 0 Å². The van der Waals surface area contributed by atoms with Crippen LogP contribution in [-0.4, -0.2) is 42.1 Å². The van der Waals surface area contributed by atoms with Crippen molar-refractivity contribution in [1.29, 1.82) is 5.26 Å². The third kappa shape index (κ3) is 6.04. The Morgan fingerprint density at radius 2 is 1.81 bits per heavy atom. The molecule has 2 aromatic carbocycles. The highest BCUT2D eigenvalue weighted by Gasteiger charge is 2.31. The number of nitrogens with zero attached hydrogens (tertiary/aromatic N) is 5. The Hall–Kier alpha value is -3.80. The number of rotatable bonds is 9. The maximum atomic E-state index is 14.3. The molecule has 0 amide bonds. The molecule has 1 atom stereocenters. The molecule has 2 aromatic heterocycles. The topological polar surface area (TPSA) is 105 Å². The lowest BCUT2D eigenvalue weighted by molar-refractivity contribution is -0.118. The van der Waals surface area contributed by atoms with Crippen molar-refractivity contribution >= 4 is 5.78 Å². The van der Waals surface area contributed by atoms with Crippen molar-refractivity contribution in [2.45, 2.75) is 103 Å². The van der Waals surface area contributed by atoms with Crippen LogP contribution in [0.5, 0.6) is 0 Å². The minimum Gasteiger partial charge on any atom is -0.388 e. The fourth-order valence-electron chi connectivity index (χ4n) is 5.96. The molecule has 0 spiro atoms. The van der Waals surface area contributed by atoms with Crippen LogP contribution in [0.3, 0.4) is 0 Å². The third-order valence-corrected chi connectivity index (χ3v) is 8.57. The van der Waals surface area contributed by atoms with Gasteiger partial charge in [-0.25, -0.2) is 4.52 Å². The number of fused-ring (bicyclic) bond motifs is 1. The Morgan fingerprint density at radius 1 is 1.12 bits per heavy atom. The van der Waals surface area contributed by atoms with E-state index in [9.17, 15) is 15.2 Å². The van der Waals surface area contributed by atoms with Gasteiger partial charge in [-0.05, 0) is 82.6 Å². The molecule has 8 heteroatoms. The number of aryl methyl sites for hydroxylation is 2. The lowest BCUT2D eigenvalue weighted by Crippen LogP contribution is -2.40. The van der Waals surface area contributed by atoms with Gasteiger partial charge in [0.1, 0.15) is 5.82 Å². The molecule has 4 aromatic rings. The first-order chi connectivity index (χ1) is 20.1. The molecule has 1 fully saturated rings. The van der Waals surface area contributed by atoms with Gasteiger partial charge in [0.25, 0.3) is 5.56 Å².